The van der Waals surface area contributed by atoms with Crippen molar-refractivity contribution < 1.29 is 13.7 Å². The molecule has 0 saturated heterocycles. The topological polar surface area (TPSA) is 97.8 Å². The van der Waals surface area contributed by atoms with Crippen LogP contribution in [-0.4, -0.2) is 32.3 Å². The average molecular weight is 218 g/mol. The molecule has 1 atom stereocenters. The molecule has 7 heteroatoms. The van der Waals surface area contributed by atoms with E-state index in [0.717, 1.165) is 6.20 Å². The minimum atomic E-state index is -1.92. The molecule has 14 heavy (non-hydrogen) atoms. The van der Waals surface area contributed by atoms with Gasteiger partial charge in [-0.15, -0.1) is 0 Å². The van der Waals surface area contributed by atoms with Crippen LogP contribution in [0.5, 0.6) is 0 Å². The van der Waals surface area contributed by atoms with Crippen molar-refractivity contribution in [2.75, 3.05) is 20.3 Å². The summed E-state index contributed by atoms with van der Waals surface area (Å²) < 4.78 is 28.0. The minimum absolute atomic E-state index is 0.0862. The van der Waals surface area contributed by atoms with Crippen molar-refractivity contribution in [2.45, 2.75) is 6.10 Å². The van der Waals surface area contributed by atoms with Gasteiger partial charge in [0.15, 0.2) is 5.90 Å². The fraction of sp³-hybridized carbons (Fsp3) is 0.571. The number of hydrogen-bond donors (Lipinski definition) is 2. The summed E-state index contributed by atoms with van der Waals surface area (Å²) in [5.74, 6) is 0.175. The summed E-state index contributed by atoms with van der Waals surface area (Å²) >= 11 is 0. The van der Waals surface area contributed by atoms with Crippen molar-refractivity contribution in [1.29, 1.82) is 4.78 Å². The lowest BCUT2D eigenvalue weighted by Gasteiger charge is -2.23. The van der Waals surface area contributed by atoms with E-state index in [4.69, 9.17) is 20.0 Å². The summed E-state index contributed by atoms with van der Waals surface area (Å²) in [4.78, 5) is 4.08. The van der Waals surface area contributed by atoms with Gasteiger partial charge in [0, 0.05) is 7.11 Å². The van der Waals surface area contributed by atoms with Crippen LogP contribution in [0, 0.1) is 4.78 Å². The van der Waals surface area contributed by atoms with Crippen LogP contribution >= 0.6 is 0 Å². The van der Waals surface area contributed by atoms with Gasteiger partial charge in [-0.25, -0.2) is 0 Å². The molecule has 6 nitrogen and oxygen atoms in total. The Balaban J connectivity index is 2.76. The zero-order valence-corrected chi connectivity index (χ0v) is 8.54. The van der Waals surface area contributed by atoms with Crippen LogP contribution in [0.25, 0.3) is 0 Å². The Morgan fingerprint density at radius 2 is 2.64 bits per heavy atom. The number of aliphatic imine (C=N–C) groups is 1. The number of nitrogens with zero attached hydrogens (tertiary/aromatic N) is 1. The van der Waals surface area contributed by atoms with E-state index in [0.29, 0.717) is 13.2 Å². The van der Waals surface area contributed by atoms with E-state index in [2.05, 4.69) is 4.99 Å². The molecule has 0 radical (unpaired) electrons. The first-order valence-corrected chi connectivity index (χ1v) is 5.09. The minimum Gasteiger partial charge on any atom is -0.476 e. The molecular weight excluding hydrogens is 206 g/mol. The third kappa shape index (κ3) is 2.46. The van der Waals surface area contributed by atoms with Crippen LogP contribution in [0.3, 0.4) is 0 Å². The van der Waals surface area contributed by atoms with E-state index in [-0.39, 0.29) is 16.9 Å². The molecule has 0 aromatic heterocycles. The molecule has 0 saturated carbocycles. The summed E-state index contributed by atoms with van der Waals surface area (Å²) in [5, 5.41) is 0. The quantitative estimate of drug-likeness (QED) is 0.649. The van der Waals surface area contributed by atoms with Crippen molar-refractivity contribution in [2.24, 2.45) is 10.7 Å². The van der Waals surface area contributed by atoms with Crippen LogP contribution in [0.2, 0.25) is 0 Å². The zero-order chi connectivity index (χ0) is 10.6. The molecule has 1 aliphatic heterocycles. The Bertz CT molecular complexity index is 327. The first kappa shape index (κ1) is 11.0. The highest BCUT2D eigenvalue weighted by atomic mass is 32.2. The zero-order valence-electron chi connectivity index (χ0n) is 7.73. The highest BCUT2D eigenvalue weighted by Crippen LogP contribution is 2.08. The molecule has 1 heterocycles. The SMILES string of the molecule is COC1CN=C(C(=CN)[S-](=N)=O)OC1. The fourth-order valence-electron chi connectivity index (χ4n) is 0.959. The maximum absolute atomic E-state index is 10.9. The summed E-state index contributed by atoms with van der Waals surface area (Å²) in [5.41, 5.74) is 5.20. The predicted molar refractivity (Wildman–Crippen MR) is 52.1 cm³/mol. The molecule has 1 unspecified atom stereocenters. The molecule has 0 amide bonds. The summed E-state index contributed by atoms with van der Waals surface area (Å²) in [6.45, 7) is 0.768. The molecule has 0 fully saturated rings. The second-order valence-corrected chi connectivity index (χ2v) is 3.59. The number of rotatable bonds is 3. The first-order valence-electron chi connectivity index (χ1n) is 3.94. The van der Waals surface area contributed by atoms with Crippen LogP contribution < -0.4 is 5.73 Å². The fourth-order valence-corrected chi connectivity index (χ4v) is 1.36. The molecule has 0 bridgehead atoms. The Kier molecular flexibility index (Phi) is 3.90. The summed E-state index contributed by atoms with van der Waals surface area (Å²) in [6, 6.07) is 0. The molecule has 1 aliphatic rings. The lowest BCUT2D eigenvalue weighted by Crippen LogP contribution is -2.30. The van der Waals surface area contributed by atoms with E-state index >= 15 is 0 Å². The van der Waals surface area contributed by atoms with Gasteiger partial charge in [-0.3, -0.25) is 4.99 Å². The standard InChI is InChI=1S/C7H12N3O3S/c1-12-5-3-10-7(13-4-5)6(2-8)14(9)11/h2,5,9H,3-4,8H2,1H3/q-1. The van der Waals surface area contributed by atoms with E-state index in [1.807, 2.05) is 0 Å². The summed E-state index contributed by atoms with van der Waals surface area (Å²) in [7, 11) is -0.358. The van der Waals surface area contributed by atoms with Gasteiger partial charge in [0.2, 0.25) is 0 Å². The maximum Gasteiger partial charge on any atom is 0.194 e. The monoisotopic (exact) mass is 218 g/mol. The van der Waals surface area contributed by atoms with Crippen molar-refractivity contribution in [3.05, 3.63) is 11.1 Å². The Labute approximate surface area is 83.8 Å². The van der Waals surface area contributed by atoms with Crippen LogP contribution in [0.15, 0.2) is 16.1 Å². The number of hydrogen-bond acceptors (Lipinski definition) is 7. The van der Waals surface area contributed by atoms with Crippen LogP contribution in [0.4, 0.5) is 0 Å². The Morgan fingerprint density at radius 1 is 1.93 bits per heavy atom. The Hall–Kier alpha value is -1.08. The number of ether oxygens (including phenoxy) is 2. The molecule has 0 aromatic rings. The molecule has 0 aliphatic carbocycles. The molecule has 80 valence electrons. The van der Waals surface area contributed by atoms with Gasteiger partial charge in [0.05, 0.1) is 6.54 Å². The van der Waals surface area contributed by atoms with Gasteiger partial charge in [0.25, 0.3) is 0 Å². The highest BCUT2D eigenvalue weighted by molar-refractivity contribution is 7.79. The van der Waals surface area contributed by atoms with Crippen molar-refractivity contribution >= 4 is 16.5 Å². The van der Waals surface area contributed by atoms with Gasteiger partial charge in [-0.2, -0.15) is 10.6 Å². The van der Waals surface area contributed by atoms with E-state index in [9.17, 15) is 4.21 Å². The third-order valence-electron chi connectivity index (χ3n) is 1.74. The van der Waals surface area contributed by atoms with Crippen LogP contribution in [-0.2, 0) is 24.3 Å². The van der Waals surface area contributed by atoms with E-state index < -0.39 is 10.6 Å². The lowest BCUT2D eigenvalue weighted by atomic mass is 10.3. The second kappa shape index (κ2) is 4.97. The van der Waals surface area contributed by atoms with E-state index in [1.165, 1.54) is 0 Å². The van der Waals surface area contributed by atoms with Gasteiger partial charge >= 0.3 is 0 Å². The van der Waals surface area contributed by atoms with Crippen molar-refractivity contribution in [3.63, 3.8) is 0 Å². The number of nitrogens with one attached hydrogen (secondary N) is 1. The third-order valence-corrected chi connectivity index (χ3v) is 2.45. The molecule has 1 rings (SSSR count). The normalized spacial score (nSPS) is 23.1. The highest BCUT2D eigenvalue weighted by Gasteiger charge is 2.15. The smallest absolute Gasteiger partial charge is 0.194 e. The summed E-state index contributed by atoms with van der Waals surface area (Å²) in [6.07, 6.45) is 0.992. The Morgan fingerprint density at radius 3 is 3.00 bits per heavy atom. The molecule has 0 aromatic carbocycles. The first-order chi connectivity index (χ1) is 6.69. The van der Waals surface area contributed by atoms with Gasteiger partial charge < -0.3 is 24.2 Å². The molecule has 3 N–H and O–H groups in total. The predicted octanol–water partition coefficient (Wildman–Crippen LogP) is -0.0436. The lowest BCUT2D eigenvalue weighted by molar-refractivity contribution is 0.0508. The van der Waals surface area contributed by atoms with Gasteiger partial charge in [-0.1, -0.05) is 0 Å². The number of nitrogens with two attached hydrogens (primary N) is 1. The average Bonchev–Trinajstić information content (AvgIpc) is 2.19. The maximum atomic E-state index is 10.9. The second-order valence-electron chi connectivity index (χ2n) is 2.61. The molecular formula is C7H12N3O3S-. The number of methoxy groups -OCH3 is 1. The van der Waals surface area contributed by atoms with Crippen molar-refractivity contribution in [3.8, 4) is 0 Å². The van der Waals surface area contributed by atoms with Gasteiger partial charge in [0.1, 0.15) is 12.7 Å². The molecule has 0 spiro atoms. The van der Waals surface area contributed by atoms with Crippen molar-refractivity contribution in [1.82, 2.24) is 0 Å². The van der Waals surface area contributed by atoms with E-state index in [1.54, 1.807) is 7.11 Å². The van der Waals surface area contributed by atoms with Gasteiger partial charge in [-0.05, 0) is 11.1 Å². The largest absolute Gasteiger partial charge is 0.476 e. The van der Waals surface area contributed by atoms with Crippen LogP contribution in [0.1, 0.15) is 0 Å².